The molecular formula is C36H40O10. The molecule has 244 valence electrons. The molecule has 0 saturated heterocycles. The van der Waals surface area contributed by atoms with Crippen molar-refractivity contribution in [2.75, 3.05) is 26.9 Å². The Morgan fingerprint density at radius 1 is 0.522 bits per heavy atom. The topological polar surface area (TPSA) is 152 Å². The fourth-order valence-corrected chi connectivity index (χ4v) is 4.22. The Hall–Kier alpha value is -5.38. The van der Waals surface area contributed by atoms with Gasteiger partial charge >= 0.3 is 0 Å². The molecule has 4 rings (SSSR count). The number of aromatic hydroxyl groups is 4. The molecule has 0 heterocycles. The van der Waals surface area contributed by atoms with Gasteiger partial charge in [-0.05, 0) is 68.3 Å². The van der Waals surface area contributed by atoms with Crippen LogP contribution in [0.1, 0.15) is 71.9 Å². The maximum Gasteiger partial charge on any atom is 0.200 e. The number of carbonyl (C=O) groups excluding carboxylic acids is 2. The van der Waals surface area contributed by atoms with Gasteiger partial charge in [-0.25, -0.2) is 0 Å². The van der Waals surface area contributed by atoms with Crippen molar-refractivity contribution in [1.82, 2.24) is 0 Å². The summed E-state index contributed by atoms with van der Waals surface area (Å²) in [6.45, 7) is 7.42. The molecule has 4 N–H and O–H groups in total. The van der Waals surface area contributed by atoms with Crippen LogP contribution in [0.15, 0.2) is 72.8 Å². The van der Waals surface area contributed by atoms with E-state index in [0.29, 0.717) is 42.8 Å². The van der Waals surface area contributed by atoms with Gasteiger partial charge in [-0.15, -0.1) is 0 Å². The summed E-state index contributed by atoms with van der Waals surface area (Å²) in [7, 11) is 1.47. The molecule has 10 heteroatoms. The van der Waals surface area contributed by atoms with Gasteiger partial charge in [-0.2, -0.15) is 0 Å². The first kappa shape index (κ1) is 35.1. The molecule has 4 aromatic rings. The van der Waals surface area contributed by atoms with Crippen molar-refractivity contribution in [2.24, 2.45) is 0 Å². The average molecular weight is 633 g/mol. The Kier molecular flexibility index (Phi) is 13.1. The van der Waals surface area contributed by atoms with E-state index in [9.17, 15) is 30.0 Å². The minimum absolute atomic E-state index is 0.0979. The first-order valence-corrected chi connectivity index (χ1v) is 15.0. The zero-order chi connectivity index (χ0) is 33.6. The summed E-state index contributed by atoms with van der Waals surface area (Å²) in [6.07, 6.45) is 2.78. The number of benzene rings is 4. The lowest BCUT2D eigenvalue weighted by Crippen LogP contribution is -2.03. The second kappa shape index (κ2) is 17.2. The fourth-order valence-electron chi connectivity index (χ4n) is 4.22. The number of hydrogen-bond donors (Lipinski definition) is 4. The summed E-state index contributed by atoms with van der Waals surface area (Å²) in [6, 6.07) is 17.9. The number of ether oxygens (including phenoxy) is 4. The van der Waals surface area contributed by atoms with Gasteiger partial charge in [-0.1, -0.05) is 20.3 Å². The van der Waals surface area contributed by atoms with E-state index in [-0.39, 0.29) is 45.3 Å². The molecule has 0 saturated carbocycles. The quantitative estimate of drug-likeness (QED) is 0.0842. The summed E-state index contributed by atoms with van der Waals surface area (Å²) in [5.74, 6) is 0.243. The lowest BCUT2D eigenvalue weighted by atomic mass is 10.0. The predicted octanol–water partition coefficient (Wildman–Crippen LogP) is 7.03. The van der Waals surface area contributed by atoms with E-state index >= 15 is 0 Å². The van der Waals surface area contributed by atoms with Crippen LogP contribution in [-0.4, -0.2) is 58.9 Å². The van der Waals surface area contributed by atoms with Gasteiger partial charge in [0.05, 0.1) is 49.2 Å². The molecule has 0 aliphatic carbocycles. The van der Waals surface area contributed by atoms with E-state index in [1.54, 1.807) is 24.3 Å². The molecule has 46 heavy (non-hydrogen) atoms. The van der Waals surface area contributed by atoms with Crippen molar-refractivity contribution in [3.05, 3.63) is 95.1 Å². The van der Waals surface area contributed by atoms with Crippen LogP contribution in [0.4, 0.5) is 0 Å². The van der Waals surface area contributed by atoms with E-state index in [1.807, 2.05) is 13.8 Å². The van der Waals surface area contributed by atoms with Gasteiger partial charge < -0.3 is 39.4 Å². The maximum absolute atomic E-state index is 12.5. The standard InChI is InChI=1S/2C18H20O5/c1-3-4-9-23-13-6-8-15(17(20)11-13)18(21)14-7-5-12(22-2)10-16(14)19;1-3-9-23-13-6-8-15(17(20)11-13)18(21)14-7-5-12(22-4-2)10-16(14)19/h2*5-8,10-11,19-20H,3-4,9H2,1-2H3. The van der Waals surface area contributed by atoms with E-state index in [4.69, 9.17) is 18.9 Å². The largest absolute Gasteiger partial charge is 0.507 e. The number of hydrogen-bond acceptors (Lipinski definition) is 10. The van der Waals surface area contributed by atoms with Crippen LogP contribution < -0.4 is 18.9 Å². The molecule has 0 radical (unpaired) electrons. The van der Waals surface area contributed by atoms with Crippen molar-refractivity contribution in [3.63, 3.8) is 0 Å². The third kappa shape index (κ3) is 9.31. The van der Waals surface area contributed by atoms with Gasteiger partial charge in [0, 0.05) is 24.3 Å². The first-order chi connectivity index (χ1) is 22.1. The van der Waals surface area contributed by atoms with Crippen LogP contribution in [0.5, 0.6) is 46.0 Å². The van der Waals surface area contributed by atoms with Crippen molar-refractivity contribution in [1.29, 1.82) is 0 Å². The smallest absolute Gasteiger partial charge is 0.200 e. The number of phenols is 4. The Balaban J connectivity index is 0.000000250. The SMILES string of the molecule is CCCCOc1ccc(C(=O)c2ccc(OC)cc2O)c(O)c1.CCCOc1ccc(C(=O)c2ccc(OCC)cc2O)c(O)c1. The molecular weight excluding hydrogens is 592 g/mol. The number of rotatable bonds is 14. The number of carbonyl (C=O) groups is 2. The van der Waals surface area contributed by atoms with E-state index in [2.05, 4.69) is 6.92 Å². The van der Waals surface area contributed by atoms with Crippen LogP contribution in [0.3, 0.4) is 0 Å². The average Bonchev–Trinajstić information content (AvgIpc) is 3.04. The lowest BCUT2D eigenvalue weighted by molar-refractivity contribution is 0.102. The van der Waals surface area contributed by atoms with Crippen molar-refractivity contribution in [3.8, 4) is 46.0 Å². The highest BCUT2D eigenvalue weighted by atomic mass is 16.5. The summed E-state index contributed by atoms with van der Waals surface area (Å²) in [5, 5.41) is 40.0. The van der Waals surface area contributed by atoms with Gasteiger partial charge in [0.15, 0.2) is 11.6 Å². The Morgan fingerprint density at radius 2 is 0.891 bits per heavy atom. The molecule has 0 bridgehead atoms. The Bertz CT molecular complexity index is 1630. The highest BCUT2D eigenvalue weighted by molar-refractivity contribution is 6.13. The molecule has 10 nitrogen and oxygen atoms in total. The third-order valence-corrected chi connectivity index (χ3v) is 6.64. The lowest BCUT2D eigenvalue weighted by Gasteiger charge is -2.10. The molecule has 0 fully saturated rings. The molecule has 4 aromatic carbocycles. The first-order valence-electron chi connectivity index (χ1n) is 15.0. The summed E-state index contributed by atoms with van der Waals surface area (Å²) in [5.41, 5.74) is 0.411. The predicted molar refractivity (Wildman–Crippen MR) is 173 cm³/mol. The van der Waals surface area contributed by atoms with Crippen molar-refractivity contribution in [2.45, 2.75) is 40.0 Å². The van der Waals surface area contributed by atoms with Gasteiger partial charge in [-0.3, -0.25) is 9.59 Å². The maximum atomic E-state index is 12.5. The zero-order valence-electron chi connectivity index (χ0n) is 26.4. The van der Waals surface area contributed by atoms with Crippen molar-refractivity contribution >= 4 is 11.6 Å². The summed E-state index contributed by atoms with van der Waals surface area (Å²) < 4.78 is 21.1. The van der Waals surface area contributed by atoms with Crippen LogP contribution in [-0.2, 0) is 0 Å². The second-order valence-corrected chi connectivity index (χ2v) is 10.1. The highest BCUT2D eigenvalue weighted by Crippen LogP contribution is 2.32. The monoisotopic (exact) mass is 632 g/mol. The number of unbranched alkanes of at least 4 members (excludes halogenated alkanes) is 1. The van der Waals surface area contributed by atoms with E-state index in [1.165, 1.54) is 55.6 Å². The zero-order valence-corrected chi connectivity index (χ0v) is 26.4. The Labute approximate surface area is 268 Å². The summed E-state index contributed by atoms with van der Waals surface area (Å²) >= 11 is 0. The van der Waals surface area contributed by atoms with Crippen LogP contribution in [0.2, 0.25) is 0 Å². The normalized spacial score (nSPS) is 10.3. The van der Waals surface area contributed by atoms with E-state index in [0.717, 1.165) is 19.3 Å². The van der Waals surface area contributed by atoms with Gasteiger partial charge in [0.25, 0.3) is 0 Å². The fraction of sp³-hybridized carbons (Fsp3) is 0.278. The van der Waals surface area contributed by atoms with Crippen molar-refractivity contribution < 1.29 is 49.0 Å². The Morgan fingerprint density at radius 3 is 1.24 bits per heavy atom. The minimum Gasteiger partial charge on any atom is -0.507 e. The third-order valence-electron chi connectivity index (χ3n) is 6.64. The van der Waals surface area contributed by atoms with Crippen LogP contribution >= 0.6 is 0 Å². The molecule has 0 spiro atoms. The molecule has 0 unspecified atom stereocenters. The van der Waals surface area contributed by atoms with Gasteiger partial charge in [0.2, 0.25) is 0 Å². The highest BCUT2D eigenvalue weighted by Gasteiger charge is 2.19. The molecule has 0 aromatic heterocycles. The number of ketones is 2. The molecule has 0 atom stereocenters. The molecule has 0 aliphatic heterocycles. The molecule has 0 aliphatic rings. The van der Waals surface area contributed by atoms with Gasteiger partial charge in [0.1, 0.15) is 46.0 Å². The summed E-state index contributed by atoms with van der Waals surface area (Å²) in [4.78, 5) is 24.9. The van der Waals surface area contributed by atoms with Crippen LogP contribution in [0, 0.1) is 0 Å². The molecule has 0 amide bonds. The number of phenolic OH excluding ortho intramolecular Hbond substituents is 4. The second-order valence-electron chi connectivity index (χ2n) is 10.1. The van der Waals surface area contributed by atoms with Crippen LogP contribution in [0.25, 0.3) is 0 Å². The minimum atomic E-state index is -0.470. The van der Waals surface area contributed by atoms with E-state index < -0.39 is 11.6 Å². The number of methoxy groups -OCH3 is 1.